The Labute approximate surface area is 191 Å². The molecule has 1 N–H and O–H groups in total. The molecule has 7 heteroatoms. The van der Waals surface area contributed by atoms with E-state index in [-0.39, 0.29) is 17.9 Å². The zero-order valence-electron chi connectivity index (χ0n) is 18.1. The average Bonchev–Trinajstić information content (AvgIpc) is 3.09. The highest BCUT2D eigenvalue weighted by Gasteiger charge is 2.46. The Kier molecular flexibility index (Phi) is 6.49. The van der Waals surface area contributed by atoms with Gasteiger partial charge in [-0.15, -0.1) is 0 Å². The van der Waals surface area contributed by atoms with Crippen LogP contribution in [0.3, 0.4) is 0 Å². The normalized spacial score (nSPS) is 17.4. The number of likely N-dealkylation sites (tertiary alicyclic amines) is 1. The summed E-state index contributed by atoms with van der Waals surface area (Å²) >= 11 is 0. The number of aromatic nitrogens is 1. The van der Waals surface area contributed by atoms with Crippen LogP contribution in [-0.2, 0) is 16.1 Å². The number of carbonyl (C=O) groups is 2. The van der Waals surface area contributed by atoms with Crippen LogP contribution in [0.2, 0.25) is 0 Å². The highest BCUT2D eigenvalue weighted by molar-refractivity contribution is 6.46. The molecule has 1 aliphatic heterocycles. The van der Waals surface area contributed by atoms with E-state index >= 15 is 0 Å². The Morgan fingerprint density at radius 1 is 1.03 bits per heavy atom. The van der Waals surface area contributed by atoms with Gasteiger partial charge in [-0.05, 0) is 66.1 Å². The van der Waals surface area contributed by atoms with Gasteiger partial charge in [0, 0.05) is 24.5 Å². The maximum Gasteiger partial charge on any atom is 0.295 e. The van der Waals surface area contributed by atoms with Crippen LogP contribution in [0.1, 0.15) is 36.1 Å². The van der Waals surface area contributed by atoms with Crippen molar-refractivity contribution in [1.82, 2.24) is 9.88 Å². The van der Waals surface area contributed by atoms with Gasteiger partial charge in [0.15, 0.2) is 0 Å². The Morgan fingerprint density at radius 2 is 1.70 bits per heavy atom. The van der Waals surface area contributed by atoms with E-state index in [4.69, 9.17) is 4.74 Å². The van der Waals surface area contributed by atoms with E-state index in [1.54, 1.807) is 60.9 Å². The minimum absolute atomic E-state index is 0.00413. The van der Waals surface area contributed by atoms with E-state index in [9.17, 15) is 19.1 Å². The van der Waals surface area contributed by atoms with Gasteiger partial charge in [0.2, 0.25) is 0 Å². The molecule has 1 amide bonds. The molecular weight excluding hydrogens is 423 g/mol. The number of carbonyl (C=O) groups excluding carboxylic acids is 2. The molecule has 0 radical (unpaired) electrons. The molecule has 2 aromatic carbocycles. The van der Waals surface area contributed by atoms with Crippen molar-refractivity contribution in [1.29, 1.82) is 0 Å². The maximum atomic E-state index is 13.3. The number of rotatable bonds is 7. The fourth-order valence-corrected chi connectivity index (χ4v) is 3.81. The predicted octanol–water partition coefficient (Wildman–Crippen LogP) is 4.63. The lowest BCUT2D eigenvalue weighted by molar-refractivity contribution is -0.140. The molecule has 0 saturated carbocycles. The molecule has 0 bridgehead atoms. The Hall–Kier alpha value is -4.00. The molecule has 1 aliphatic rings. The molecule has 2 heterocycles. The molecule has 0 aliphatic carbocycles. The van der Waals surface area contributed by atoms with E-state index in [0.29, 0.717) is 29.0 Å². The van der Waals surface area contributed by atoms with E-state index in [2.05, 4.69) is 4.98 Å². The van der Waals surface area contributed by atoms with Crippen LogP contribution < -0.4 is 4.74 Å². The van der Waals surface area contributed by atoms with Crippen LogP contribution in [0, 0.1) is 5.82 Å². The lowest BCUT2D eigenvalue weighted by Crippen LogP contribution is -2.29. The van der Waals surface area contributed by atoms with Crippen molar-refractivity contribution in [3.8, 4) is 5.75 Å². The molecule has 0 spiro atoms. The summed E-state index contributed by atoms with van der Waals surface area (Å²) in [4.78, 5) is 31.5. The molecule has 4 rings (SSSR count). The zero-order chi connectivity index (χ0) is 23.4. The summed E-state index contributed by atoms with van der Waals surface area (Å²) in [6, 6.07) is 15.0. The second-order valence-electron chi connectivity index (χ2n) is 7.71. The predicted molar refractivity (Wildman–Crippen MR) is 121 cm³/mol. The molecule has 1 saturated heterocycles. The van der Waals surface area contributed by atoms with Gasteiger partial charge in [-0.1, -0.05) is 19.1 Å². The number of aliphatic hydroxyl groups is 1. The van der Waals surface area contributed by atoms with Gasteiger partial charge < -0.3 is 14.7 Å². The van der Waals surface area contributed by atoms with Crippen LogP contribution in [-0.4, -0.2) is 33.3 Å². The highest BCUT2D eigenvalue weighted by atomic mass is 19.1. The van der Waals surface area contributed by atoms with Crippen molar-refractivity contribution in [3.05, 3.63) is 101 Å². The second kappa shape index (κ2) is 9.65. The number of nitrogens with zero attached hydrogens (tertiary/aromatic N) is 2. The van der Waals surface area contributed by atoms with E-state index in [1.165, 1.54) is 17.0 Å². The SMILES string of the molecule is CCCOc1ccc(/C(O)=C2/C(=O)C(=O)N(Cc3ccc(F)cc3)C2c2ccncc2)cc1. The summed E-state index contributed by atoms with van der Waals surface area (Å²) in [5.41, 5.74) is 1.69. The minimum Gasteiger partial charge on any atom is -0.507 e. The number of aliphatic hydroxyl groups excluding tert-OH is 1. The standard InChI is InChI=1S/C26H23FN2O4/c1-2-15-33-21-9-5-19(6-10-21)24(30)22-23(18-11-13-28-14-12-18)29(26(32)25(22)31)16-17-3-7-20(27)8-4-17/h3-14,23,30H,2,15-16H2,1H3/b24-22-. The minimum atomic E-state index is -0.811. The topological polar surface area (TPSA) is 79.7 Å². The van der Waals surface area contributed by atoms with E-state index in [0.717, 1.165) is 6.42 Å². The number of halogens is 1. The van der Waals surface area contributed by atoms with Gasteiger partial charge in [0.05, 0.1) is 18.2 Å². The fourth-order valence-electron chi connectivity index (χ4n) is 3.81. The first-order valence-electron chi connectivity index (χ1n) is 10.7. The lowest BCUT2D eigenvalue weighted by atomic mass is 9.96. The Morgan fingerprint density at radius 3 is 2.33 bits per heavy atom. The number of hydrogen-bond donors (Lipinski definition) is 1. The van der Waals surface area contributed by atoms with Crippen molar-refractivity contribution in [2.75, 3.05) is 6.61 Å². The van der Waals surface area contributed by atoms with Gasteiger partial charge in [0.25, 0.3) is 11.7 Å². The first-order chi connectivity index (χ1) is 16.0. The smallest absolute Gasteiger partial charge is 0.295 e. The van der Waals surface area contributed by atoms with E-state index < -0.39 is 23.5 Å². The number of ether oxygens (including phenoxy) is 1. The molecule has 1 aromatic heterocycles. The average molecular weight is 446 g/mol. The number of hydrogen-bond acceptors (Lipinski definition) is 5. The fraction of sp³-hybridized carbons (Fsp3) is 0.192. The van der Waals surface area contributed by atoms with Gasteiger partial charge in [-0.2, -0.15) is 0 Å². The summed E-state index contributed by atoms with van der Waals surface area (Å²) in [6.07, 6.45) is 3.99. The number of ketones is 1. The van der Waals surface area contributed by atoms with Crippen LogP contribution >= 0.6 is 0 Å². The summed E-state index contributed by atoms with van der Waals surface area (Å²) in [6.45, 7) is 2.66. The monoisotopic (exact) mass is 446 g/mol. The zero-order valence-corrected chi connectivity index (χ0v) is 18.1. The summed E-state index contributed by atoms with van der Waals surface area (Å²) in [7, 11) is 0. The van der Waals surface area contributed by atoms with Crippen molar-refractivity contribution < 1.29 is 23.8 Å². The van der Waals surface area contributed by atoms with Crippen LogP contribution in [0.25, 0.3) is 5.76 Å². The third kappa shape index (κ3) is 4.62. The lowest BCUT2D eigenvalue weighted by Gasteiger charge is -2.25. The number of benzene rings is 2. The second-order valence-corrected chi connectivity index (χ2v) is 7.71. The summed E-state index contributed by atoms with van der Waals surface area (Å²) < 4.78 is 18.9. The van der Waals surface area contributed by atoms with Gasteiger partial charge >= 0.3 is 0 Å². The highest BCUT2D eigenvalue weighted by Crippen LogP contribution is 2.40. The molecule has 1 unspecified atom stereocenters. The number of Topliss-reactive ketones (excluding diaryl/α,β-unsaturated/α-hetero) is 1. The molecular formula is C26H23FN2O4. The van der Waals surface area contributed by atoms with Crippen LogP contribution in [0.15, 0.2) is 78.6 Å². The molecule has 6 nitrogen and oxygen atoms in total. The van der Waals surface area contributed by atoms with Crippen molar-refractivity contribution in [3.63, 3.8) is 0 Å². The molecule has 33 heavy (non-hydrogen) atoms. The number of amides is 1. The van der Waals surface area contributed by atoms with E-state index in [1.807, 2.05) is 6.92 Å². The quantitative estimate of drug-likeness (QED) is 0.325. The van der Waals surface area contributed by atoms with Crippen LogP contribution in [0.5, 0.6) is 5.75 Å². The molecule has 3 aromatic rings. The maximum absolute atomic E-state index is 13.3. The largest absolute Gasteiger partial charge is 0.507 e. The van der Waals surface area contributed by atoms with Gasteiger partial charge in [0.1, 0.15) is 17.3 Å². The van der Waals surface area contributed by atoms with Crippen molar-refractivity contribution in [2.24, 2.45) is 0 Å². The summed E-state index contributed by atoms with van der Waals surface area (Å²) in [5.74, 6) is -1.51. The molecule has 1 atom stereocenters. The van der Waals surface area contributed by atoms with Gasteiger partial charge in [-0.25, -0.2) is 4.39 Å². The van der Waals surface area contributed by atoms with Crippen molar-refractivity contribution >= 4 is 17.4 Å². The van der Waals surface area contributed by atoms with Gasteiger partial charge in [-0.3, -0.25) is 14.6 Å². The molecule has 1 fully saturated rings. The molecule has 168 valence electrons. The first kappa shape index (κ1) is 22.2. The Bertz CT molecular complexity index is 1180. The Balaban J connectivity index is 1.76. The van der Waals surface area contributed by atoms with Crippen LogP contribution in [0.4, 0.5) is 4.39 Å². The summed E-state index contributed by atoms with van der Waals surface area (Å²) in [5, 5.41) is 11.1. The number of pyridine rings is 1. The third-order valence-corrected chi connectivity index (χ3v) is 5.43. The van der Waals surface area contributed by atoms with Crippen molar-refractivity contribution in [2.45, 2.75) is 25.9 Å². The third-order valence-electron chi connectivity index (χ3n) is 5.43. The first-order valence-corrected chi connectivity index (χ1v) is 10.7.